The molecule has 0 radical (unpaired) electrons. The highest BCUT2D eigenvalue weighted by atomic mass is 19.1. The Hall–Kier alpha value is -4.45. The van der Waals surface area contributed by atoms with Crippen molar-refractivity contribution in [2.75, 3.05) is 12.3 Å². The first-order chi connectivity index (χ1) is 15.8. The van der Waals surface area contributed by atoms with Crippen LogP contribution in [-0.2, 0) is 0 Å². The monoisotopic (exact) mass is 452 g/mol. The van der Waals surface area contributed by atoms with Crippen molar-refractivity contribution in [3.8, 4) is 23.3 Å². The van der Waals surface area contributed by atoms with Crippen LogP contribution < -0.4 is 19.9 Å². The maximum atomic E-state index is 13.8. The number of rotatable bonds is 7. The molecule has 7 nitrogen and oxygen atoms in total. The fourth-order valence-corrected chi connectivity index (χ4v) is 2.73. The number of benzene rings is 3. The van der Waals surface area contributed by atoms with Crippen molar-refractivity contribution in [1.29, 1.82) is 5.26 Å². The predicted molar refractivity (Wildman–Crippen MR) is 114 cm³/mol. The highest BCUT2D eigenvalue weighted by molar-refractivity contribution is 5.95. The molecule has 0 spiro atoms. The molecule has 9 heteroatoms. The molecule has 0 unspecified atom stereocenters. The van der Waals surface area contributed by atoms with Crippen LogP contribution in [0.1, 0.15) is 39.6 Å². The lowest BCUT2D eigenvalue weighted by Gasteiger charge is -2.13. The van der Waals surface area contributed by atoms with E-state index in [0.29, 0.717) is 12.1 Å². The Bertz CT molecular complexity index is 1210. The van der Waals surface area contributed by atoms with E-state index >= 15 is 0 Å². The largest absolute Gasteiger partial charge is 0.493 e. The number of carbonyl (C=O) groups excluding carboxylic acids is 2. The lowest BCUT2D eigenvalue weighted by Crippen LogP contribution is -2.13. The minimum absolute atomic E-state index is 0.0547. The number of hydrogen-bond donors (Lipinski definition) is 1. The zero-order chi connectivity index (χ0) is 24.0. The van der Waals surface area contributed by atoms with Gasteiger partial charge in [-0.05, 0) is 42.8 Å². The second-order valence-electron chi connectivity index (χ2n) is 6.78. The molecule has 0 saturated carbocycles. The minimum atomic E-state index is -1.16. The molecule has 3 aromatic rings. The van der Waals surface area contributed by atoms with E-state index in [0.717, 1.165) is 12.1 Å². The summed E-state index contributed by atoms with van der Waals surface area (Å²) in [6.07, 6.45) is 0.621. The second kappa shape index (κ2) is 10.2. The average Bonchev–Trinajstić information content (AvgIpc) is 2.78. The van der Waals surface area contributed by atoms with Crippen LogP contribution in [0.25, 0.3) is 0 Å². The van der Waals surface area contributed by atoms with E-state index in [2.05, 4.69) is 0 Å². The molecule has 3 aromatic carbocycles. The molecule has 3 rings (SSSR count). The number of esters is 2. The summed E-state index contributed by atoms with van der Waals surface area (Å²) in [5.41, 5.74) is 5.53. The quantitative estimate of drug-likeness (QED) is 0.316. The van der Waals surface area contributed by atoms with Gasteiger partial charge in [-0.25, -0.2) is 18.4 Å². The number of nitrogen functional groups attached to an aromatic ring is 1. The molecule has 2 N–H and O–H groups in total. The summed E-state index contributed by atoms with van der Waals surface area (Å²) in [7, 11) is 0. The number of ether oxygens (including phenoxy) is 3. The first-order valence-corrected chi connectivity index (χ1v) is 9.78. The Morgan fingerprint density at radius 1 is 0.939 bits per heavy atom. The third-order valence-electron chi connectivity index (χ3n) is 4.33. The van der Waals surface area contributed by atoms with Crippen molar-refractivity contribution in [3.05, 3.63) is 82.9 Å². The molecule has 0 aliphatic rings. The predicted octanol–water partition coefficient (Wildman–Crippen LogP) is 4.65. The first-order valence-electron chi connectivity index (χ1n) is 9.78. The zero-order valence-corrected chi connectivity index (χ0v) is 17.4. The molecule has 0 fully saturated rings. The lowest BCUT2D eigenvalue weighted by molar-refractivity contribution is 0.0727. The van der Waals surface area contributed by atoms with Crippen LogP contribution in [0.5, 0.6) is 17.2 Å². The van der Waals surface area contributed by atoms with Gasteiger partial charge in [-0.2, -0.15) is 5.26 Å². The van der Waals surface area contributed by atoms with Crippen LogP contribution in [0.15, 0.2) is 54.6 Å². The Morgan fingerprint density at radius 3 is 2.18 bits per heavy atom. The van der Waals surface area contributed by atoms with E-state index in [4.69, 9.17) is 25.2 Å². The molecule has 0 saturated heterocycles. The summed E-state index contributed by atoms with van der Waals surface area (Å²) >= 11 is 0. The number of nitrogens with zero attached hydrogens (tertiary/aromatic N) is 1. The number of carbonyl (C=O) groups is 2. The highest BCUT2D eigenvalue weighted by Gasteiger charge is 2.20. The first kappa shape index (κ1) is 23.2. The van der Waals surface area contributed by atoms with E-state index in [1.54, 1.807) is 12.1 Å². The number of nitriles is 1. The van der Waals surface area contributed by atoms with Gasteiger partial charge in [0.25, 0.3) is 0 Å². The Kier molecular flexibility index (Phi) is 7.20. The van der Waals surface area contributed by atoms with Gasteiger partial charge >= 0.3 is 11.9 Å². The summed E-state index contributed by atoms with van der Waals surface area (Å²) < 4.78 is 43.6. The number of halogens is 2. The van der Waals surface area contributed by atoms with Gasteiger partial charge in [0.05, 0.1) is 12.2 Å². The third-order valence-corrected chi connectivity index (χ3v) is 4.33. The van der Waals surface area contributed by atoms with Crippen molar-refractivity contribution >= 4 is 17.6 Å². The molecule has 0 bridgehead atoms. The average molecular weight is 452 g/mol. The van der Waals surface area contributed by atoms with E-state index < -0.39 is 34.9 Å². The van der Waals surface area contributed by atoms with Crippen molar-refractivity contribution in [3.63, 3.8) is 0 Å². The van der Waals surface area contributed by atoms with E-state index in [-0.39, 0.29) is 29.2 Å². The maximum absolute atomic E-state index is 13.8. The van der Waals surface area contributed by atoms with Gasteiger partial charge in [0.2, 0.25) is 0 Å². The SMILES string of the molecule is CCCOc1cc(OC(=O)c2ccc(N)cc2)ccc1C(=O)Oc1cc(F)c(C#N)c(F)c1. The van der Waals surface area contributed by atoms with Gasteiger partial charge in [-0.3, -0.25) is 0 Å². The molecule has 168 valence electrons. The van der Waals surface area contributed by atoms with Gasteiger partial charge in [0.1, 0.15) is 46.1 Å². The van der Waals surface area contributed by atoms with E-state index in [1.807, 2.05) is 6.92 Å². The molecule has 0 heterocycles. The number of hydrogen-bond acceptors (Lipinski definition) is 7. The molecular formula is C24H18F2N2O5. The van der Waals surface area contributed by atoms with Crippen LogP contribution in [0.2, 0.25) is 0 Å². The van der Waals surface area contributed by atoms with Gasteiger partial charge in [-0.15, -0.1) is 0 Å². The van der Waals surface area contributed by atoms with Crippen molar-refractivity contribution in [2.45, 2.75) is 13.3 Å². The van der Waals surface area contributed by atoms with Crippen molar-refractivity contribution in [1.82, 2.24) is 0 Å². The summed E-state index contributed by atoms with van der Waals surface area (Å²) in [5, 5.41) is 8.75. The fourth-order valence-electron chi connectivity index (χ4n) is 2.73. The van der Waals surface area contributed by atoms with Crippen molar-refractivity contribution in [2.24, 2.45) is 0 Å². The molecular weight excluding hydrogens is 434 g/mol. The van der Waals surface area contributed by atoms with E-state index in [9.17, 15) is 18.4 Å². The molecule has 0 aliphatic heterocycles. The molecule has 0 aliphatic carbocycles. The van der Waals surface area contributed by atoms with Crippen LogP contribution in [0.4, 0.5) is 14.5 Å². The topological polar surface area (TPSA) is 112 Å². The summed E-state index contributed by atoms with van der Waals surface area (Å²) in [6.45, 7) is 2.10. The Balaban J connectivity index is 1.84. The Labute approximate surface area is 187 Å². The number of nitrogens with two attached hydrogens (primary N) is 1. The highest BCUT2D eigenvalue weighted by Crippen LogP contribution is 2.28. The minimum Gasteiger partial charge on any atom is -0.493 e. The van der Waals surface area contributed by atoms with Gasteiger partial charge in [0, 0.05) is 23.9 Å². The second-order valence-corrected chi connectivity index (χ2v) is 6.78. The van der Waals surface area contributed by atoms with E-state index in [1.165, 1.54) is 36.4 Å². The summed E-state index contributed by atoms with van der Waals surface area (Å²) in [6, 6.07) is 13.0. The molecule has 0 aromatic heterocycles. The van der Waals surface area contributed by atoms with Crippen LogP contribution in [0.3, 0.4) is 0 Å². The van der Waals surface area contributed by atoms with Gasteiger partial charge in [0.15, 0.2) is 0 Å². The lowest BCUT2D eigenvalue weighted by atomic mass is 10.1. The molecule has 0 amide bonds. The Morgan fingerprint density at radius 2 is 1.58 bits per heavy atom. The summed E-state index contributed by atoms with van der Waals surface area (Å²) in [4.78, 5) is 25.0. The van der Waals surface area contributed by atoms with Crippen LogP contribution in [-0.4, -0.2) is 18.5 Å². The third kappa shape index (κ3) is 5.62. The zero-order valence-electron chi connectivity index (χ0n) is 17.4. The van der Waals surface area contributed by atoms with Gasteiger partial charge < -0.3 is 19.9 Å². The maximum Gasteiger partial charge on any atom is 0.347 e. The van der Waals surface area contributed by atoms with Crippen molar-refractivity contribution < 1.29 is 32.6 Å². The number of anilines is 1. The fraction of sp³-hybridized carbons (Fsp3) is 0.125. The van der Waals surface area contributed by atoms with Crippen LogP contribution in [0, 0.1) is 23.0 Å². The molecule has 0 atom stereocenters. The standard InChI is InChI=1S/C24H18F2N2O5/c1-2-9-31-22-12-16(32-23(29)14-3-5-15(28)6-4-14)7-8-18(22)24(30)33-17-10-20(25)19(13-27)21(26)11-17/h3-8,10-12H,2,9,28H2,1H3. The smallest absolute Gasteiger partial charge is 0.347 e. The summed E-state index contributed by atoms with van der Waals surface area (Å²) in [5.74, 6) is -4.18. The van der Waals surface area contributed by atoms with Gasteiger partial charge in [-0.1, -0.05) is 6.92 Å². The molecule has 33 heavy (non-hydrogen) atoms. The van der Waals surface area contributed by atoms with Crippen LogP contribution >= 0.6 is 0 Å². The normalized spacial score (nSPS) is 10.2.